The molecule has 31 heavy (non-hydrogen) atoms. The molecule has 0 atom stereocenters. The fourth-order valence-electron chi connectivity index (χ4n) is 3.40. The molecule has 0 amide bonds. The van der Waals surface area contributed by atoms with E-state index >= 15 is 0 Å². The zero-order valence-electron chi connectivity index (χ0n) is 16.9. The van der Waals surface area contributed by atoms with Crippen molar-refractivity contribution in [1.82, 2.24) is 9.97 Å². The Bertz CT molecular complexity index is 1310. The maximum atomic E-state index is 12.1. The van der Waals surface area contributed by atoms with Crippen LogP contribution in [0.4, 0.5) is 5.69 Å². The fraction of sp³-hybridized carbons (Fsp3) is 0.125. The van der Waals surface area contributed by atoms with Crippen LogP contribution in [-0.4, -0.2) is 30.7 Å². The van der Waals surface area contributed by atoms with E-state index in [4.69, 9.17) is 0 Å². The van der Waals surface area contributed by atoms with Crippen LogP contribution in [0.1, 0.15) is 23.7 Å². The molecular weight excluding hydrogens is 408 g/mol. The molecule has 0 saturated heterocycles. The van der Waals surface area contributed by atoms with Crippen molar-refractivity contribution in [3.05, 3.63) is 96.1 Å². The van der Waals surface area contributed by atoms with E-state index in [1.807, 2.05) is 53.6 Å². The number of hydrogen-bond acceptors (Lipinski definition) is 6. The molecule has 154 valence electrons. The molecule has 1 aliphatic heterocycles. The zero-order chi connectivity index (χ0) is 21.8. The molecule has 2 aromatic heterocycles. The molecule has 4 rings (SSSR count). The number of benzene rings is 1. The highest BCUT2D eigenvalue weighted by atomic mass is 32.2. The summed E-state index contributed by atoms with van der Waals surface area (Å²) in [6, 6.07) is 18.7. The van der Waals surface area contributed by atoms with Gasteiger partial charge in [-0.05, 0) is 47.5 Å². The molecular formula is C24H20N4O2S. The van der Waals surface area contributed by atoms with Gasteiger partial charge in [-0.25, -0.2) is 13.4 Å². The molecule has 1 aliphatic rings. The van der Waals surface area contributed by atoms with Crippen LogP contribution < -0.4 is 4.90 Å². The van der Waals surface area contributed by atoms with Crippen LogP contribution in [0.15, 0.2) is 84.3 Å². The van der Waals surface area contributed by atoms with Crippen LogP contribution in [0.25, 0.3) is 11.1 Å². The SMILES string of the molecule is CCS(=O)(=O)c1ccc(N2C=C(c3ccccn3)C=C(c3ccccc3C#N)C2)cn1. The third-order valence-corrected chi connectivity index (χ3v) is 6.71. The Balaban J connectivity index is 1.78. The van der Waals surface area contributed by atoms with Crippen molar-refractivity contribution in [3.63, 3.8) is 0 Å². The Morgan fingerprint density at radius 3 is 2.55 bits per heavy atom. The minimum absolute atomic E-state index is 0.00458. The lowest BCUT2D eigenvalue weighted by Gasteiger charge is -2.27. The Morgan fingerprint density at radius 2 is 1.87 bits per heavy atom. The average molecular weight is 429 g/mol. The molecule has 0 bridgehead atoms. The normalized spacial score (nSPS) is 13.9. The highest BCUT2D eigenvalue weighted by Crippen LogP contribution is 2.32. The summed E-state index contributed by atoms with van der Waals surface area (Å²) in [6.45, 7) is 2.11. The van der Waals surface area contributed by atoms with Crippen molar-refractivity contribution >= 4 is 26.7 Å². The summed E-state index contributed by atoms with van der Waals surface area (Å²) in [5.41, 5.74) is 4.86. The van der Waals surface area contributed by atoms with E-state index in [0.717, 1.165) is 28.1 Å². The van der Waals surface area contributed by atoms with Crippen LogP contribution in [-0.2, 0) is 9.84 Å². The summed E-state index contributed by atoms with van der Waals surface area (Å²) < 4.78 is 24.2. The molecule has 3 heterocycles. The van der Waals surface area contributed by atoms with Gasteiger partial charge >= 0.3 is 0 Å². The second kappa shape index (κ2) is 8.54. The number of aromatic nitrogens is 2. The molecule has 3 aromatic rings. The number of rotatable bonds is 5. The number of nitrogens with zero attached hydrogens (tertiary/aromatic N) is 4. The smallest absolute Gasteiger partial charge is 0.195 e. The first kappa shape index (κ1) is 20.5. The van der Waals surface area contributed by atoms with Gasteiger partial charge in [0.1, 0.15) is 0 Å². The number of pyridine rings is 2. The summed E-state index contributed by atoms with van der Waals surface area (Å²) in [5.74, 6) is 0.00458. The van der Waals surface area contributed by atoms with Gasteiger partial charge in [0.05, 0.1) is 35.0 Å². The lowest BCUT2D eigenvalue weighted by molar-refractivity contribution is 0.593. The van der Waals surface area contributed by atoms with Gasteiger partial charge in [-0.2, -0.15) is 5.26 Å². The largest absolute Gasteiger partial charge is 0.342 e. The third kappa shape index (κ3) is 4.25. The van der Waals surface area contributed by atoms with Crippen LogP contribution >= 0.6 is 0 Å². The number of hydrogen-bond donors (Lipinski definition) is 0. The van der Waals surface area contributed by atoms with Crippen molar-refractivity contribution < 1.29 is 8.42 Å². The molecule has 0 N–H and O–H groups in total. The maximum Gasteiger partial charge on any atom is 0.195 e. The number of sulfone groups is 1. The number of nitriles is 1. The number of anilines is 1. The van der Waals surface area contributed by atoms with Crippen molar-refractivity contribution in [2.24, 2.45) is 0 Å². The van der Waals surface area contributed by atoms with Crippen LogP contribution in [0.3, 0.4) is 0 Å². The molecule has 0 fully saturated rings. The zero-order valence-corrected chi connectivity index (χ0v) is 17.7. The van der Waals surface area contributed by atoms with Gasteiger partial charge in [0.15, 0.2) is 14.9 Å². The Kier molecular flexibility index (Phi) is 5.65. The maximum absolute atomic E-state index is 12.1. The molecule has 1 aromatic carbocycles. The lowest BCUT2D eigenvalue weighted by Crippen LogP contribution is -2.23. The summed E-state index contributed by atoms with van der Waals surface area (Å²) in [4.78, 5) is 10.6. The molecule has 6 nitrogen and oxygen atoms in total. The second-order valence-corrected chi connectivity index (χ2v) is 9.24. The van der Waals surface area contributed by atoms with Gasteiger partial charge in [-0.1, -0.05) is 31.2 Å². The predicted octanol–water partition coefficient (Wildman–Crippen LogP) is 4.09. The lowest BCUT2D eigenvalue weighted by atomic mass is 9.95. The van der Waals surface area contributed by atoms with Crippen LogP contribution in [0, 0.1) is 11.3 Å². The second-order valence-electron chi connectivity index (χ2n) is 7.01. The first-order valence-electron chi connectivity index (χ1n) is 9.80. The third-order valence-electron chi connectivity index (χ3n) is 5.07. The standard InChI is InChI=1S/C24H20N4O2S/c1-2-31(29,30)24-11-10-21(15-27-24)28-16-19(22-8-4-3-7-18(22)14-25)13-20(17-28)23-9-5-6-12-26-23/h3-13,15,17H,2,16H2,1H3. The van der Waals surface area contributed by atoms with Crippen molar-refractivity contribution in [1.29, 1.82) is 5.26 Å². The molecule has 7 heteroatoms. The Hall–Kier alpha value is -3.76. The quantitative estimate of drug-likeness (QED) is 0.608. The molecule has 0 unspecified atom stereocenters. The number of allylic oxidation sites excluding steroid dienone is 2. The highest BCUT2D eigenvalue weighted by molar-refractivity contribution is 7.91. The summed E-state index contributed by atoms with van der Waals surface area (Å²) in [5, 5.41) is 9.63. The highest BCUT2D eigenvalue weighted by Gasteiger charge is 2.20. The van der Waals surface area contributed by atoms with Crippen LogP contribution in [0.5, 0.6) is 0 Å². The van der Waals surface area contributed by atoms with Gasteiger partial charge in [0.2, 0.25) is 0 Å². The molecule has 0 aliphatic carbocycles. The van der Waals surface area contributed by atoms with Crippen molar-refractivity contribution in [2.45, 2.75) is 11.9 Å². The van der Waals surface area contributed by atoms with Gasteiger partial charge in [0.25, 0.3) is 0 Å². The van der Waals surface area contributed by atoms with Gasteiger partial charge < -0.3 is 4.90 Å². The van der Waals surface area contributed by atoms with E-state index < -0.39 is 9.84 Å². The topological polar surface area (TPSA) is 87.0 Å². The minimum Gasteiger partial charge on any atom is -0.342 e. The fourth-order valence-corrected chi connectivity index (χ4v) is 4.19. The van der Waals surface area contributed by atoms with E-state index in [2.05, 4.69) is 16.0 Å². The van der Waals surface area contributed by atoms with E-state index in [-0.39, 0.29) is 10.8 Å². The van der Waals surface area contributed by atoms with Gasteiger partial charge in [-0.3, -0.25) is 4.98 Å². The first-order chi connectivity index (χ1) is 15.0. The van der Waals surface area contributed by atoms with Crippen molar-refractivity contribution in [2.75, 3.05) is 17.2 Å². The van der Waals surface area contributed by atoms with E-state index in [1.54, 1.807) is 31.5 Å². The van der Waals surface area contributed by atoms with Gasteiger partial charge in [0, 0.05) is 24.5 Å². The van der Waals surface area contributed by atoms with Gasteiger partial charge in [-0.15, -0.1) is 0 Å². The summed E-state index contributed by atoms with van der Waals surface area (Å²) in [6.07, 6.45) is 7.30. The van der Waals surface area contributed by atoms with Crippen molar-refractivity contribution in [3.8, 4) is 6.07 Å². The summed E-state index contributed by atoms with van der Waals surface area (Å²) in [7, 11) is -3.36. The minimum atomic E-state index is -3.36. The average Bonchev–Trinajstić information content (AvgIpc) is 2.84. The Labute approximate surface area is 181 Å². The van der Waals surface area contributed by atoms with E-state index in [0.29, 0.717) is 12.1 Å². The predicted molar refractivity (Wildman–Crippen MR) is 121 cm³/mol. The van der Waals surface area contributed by atoms with E-state index in [9.17, 15) is 13.7 Å². The monoisotopic (exact) mass is 428 g/mol. The summed E-state index contributed by atoms with van der Waals surface area (Å²) >= 11 is 0. The first-order valence-corrected chi connectivity index (χ1v) is 11.5. The Morgan fingerprint density at radius 1 is 1.06 bits per heavy atom. The molecule has 0 radical (unpaired) electrons. The molecule has 0 saturated carbocycles. The molecule has 0 spiro atoms. The van der Waals surface area contributed by atoms with E-state index in [1.165, 1.54) is 6.07 Å². The van der Waals surface area contributed by atoms with Crippen LogP contribution in [0.2, 0.25) is 0 Å².